The molecule has 0 radical (unpaired) electrons. The smallest absolute Gasteiger partial charge is 0.417 e. The number of hydrogen-bond acceptors (Lipinski definition) is 10. The van der Waals surface area contributed by atoms with E-state index >= 15 is 17.6 Å². The summed E-state index contributed by atoms with van der Waals surface area (Å²) in [6.45, 7) is 12.3. The molecule has 0 aliphatic carbocycles. The highest BCUT2D eigenvalue weighted by Gasteiger charge is 2.42. The monoisotopic (exact) mass is 745 g/mol. The Bertz CT molecular complexity index is 2090. The fourth-order valence-corrected chi connectivity index (χ4v) is 8.22. The standard InChI is InChI=1S/C35H36F5N7O4S/c1-7-25(48)47-11-10-23(24(47)16-49-5)46(4)33-20-13-21(35(38,39)40)26(19-8-9-22(36)31-27(19)30(42-2)32(41)52-31)28(37)29(20)43-34(44-33)51-15-17-12-18(50-6)14-45(17)3/h7-9,13,17-18,23-24H,1,10-12,14-16,41H2,3-6H3/t17-,18+,23?,24+/m0/s1. The largest absolute Gasteiger partial charge is 0.462 e. The van der Waals surface area contributed by atoms with Crippen molar-refractivity contribution in [1.82, 2.24) is 19.8 Å². The molecule has 276 valence electrons. The first-order chi connectivity index (χ1) is 24.7. The second kappa shape index (κ2) is 14.4. The summed E-state index contributed by atoms with van der Waals surface area (Å²) in [5, 5.41) is -0.632. The number of aromatic nitrogens is 2. The number of alkyl halides is 3. The Morgan fingerprint density at radius 2 is 2.00 bits per heavy atom. The van der Waals surface area contributed by atoms with E-state index in [0.717, 1.165) is 18.2 Å². The van der Waals surface area contributed by atoms with E-state index in [2.05, 4.69) is 21.4 Å². The summed E-state index contributed by atoms with van der Waals surface area (Å²) in [5.41, 5.74) is 2.52. The minimum Gasteiger partial charge on any atom is -0.462 e. The predicted molar refractivity (Wildman–Crippen MR) is 188 cm³/mol. The van der Waals surface area contributed by atoms with Crippen molar-refractivity contribution < 1.29 is 41.0 Å². The van der Waals surface area contributed by atoms with Crippen LogP contribution in [0.15, 0.2) is 30.9 Å². The van der Waals surface area contributed by atoms with Crippen molar-refractivity contribution in [1.29, 1.82) is 0 Å². The number of benzene rings is 2. The number of amides is 1. The molecule has 2 fully saturated rings. The number of methoxy groups -OCH3 is 2. The second-order valence-corrected chi connectivity index (χ2v) is 13.8. The van der Waals surface area contributed by atoms with Crippen LogP contribution in [0.5, 0.6) is 6.01 Å². The number of halogens is 5. The average molecular weight is 746 g/mol. The molecule has 2 aromatic carbocycles. The van der Waals surface area contributed by atoms with Gasteiger partial charge in [-0.05, 0) is 43.7 Å². The minimum absolute atomic E-state index is 0.0426. The van der Waals surface area contributed by atoms with Crippen LogP contribution in [-0.4, -0.2) is 105 Å². The highest BCUT2D eigenvalue weighted by Crippen LogP contribution is 2.50. The SMILES string of the molecule is [C-]#[N+]c1c(N)sc2c(F)ccc(-c3c(C(F)(F)F)cc4c(N(C)C5CCN(C(=O)C=C)[C@@H]5COC)nc(OC[C@@H]5C[C@@H](OC)CN5C)nc4c3F)c12. The van der Waals surface area contributed by atoms with Crippen molar-refractivity contribution in [3.63, 3.8) is 0 Å². The summed E-state index contributed by atoms with van der Waals surface area (Å²) in [5.74, 6) is -2.62. The van der Waals surface area contributed by atoms with Crippen LogP contribution >= 0.6 is 11.3 Å². The summed E-state index contributed by atoms with van der Waals surface area (Å²) in [7, 11) is 6.55. The van der Waals surface area contributed by atoms with Gasteiger partial charge in [0.25, 0.3) is 0 Å². The van der Waals surface area contributed by atoms with Gasteiger partial charge in [0.05, 0.1) is 46.6 Å². The third-order valence-electron chi connectivity index (χ3n) is 9.89. The molecule has 2 saturated heterocycles. The Labute approximate surface area is 300 Å². The summed E-state index contributed by atoms with van der Waals surface area (Å²) >= 11 is 0.689. The highest BCUT2D eigenvalue weighted by atomic mass is 32.1. The number of ether oxygens (including phenoxy) is 3. The van der Waals surface area contributed by atoms with Crippen LogP contribution in [0, 0.1) is 18.2 Å². The van der Waals surface area contributed by atoms with E-state index in [1.54, 1.807) is 24.0 Å². The van der Waals surface area contributed by atoms with E-state index in [-0.39, 0.29) is 74.8 Å². The molecule has 4 atom stereocenters. The van der Waals surface area contributed by atoms with Gasteiger partial charge in [0.15, 0.2) is 5.82 Å². The van der Waals surface area contributed by atoms with E-state index < -0.39 is 46.5 Å². The molecule has 2 aromatic heterocycles. The van der Waals surface area contributed by atoms with Gasteiger partial charge in [-0.25, -0.2) is 13.6 Å². The summed E-state index contributed by atoms with van der Waals surface area (Å²) in [6, 6.07) is 1.18. The van der Waals surface area contributed by atoms with Crippen molar-refractivity contribution in [2.24, 2.45) is 0 Å². The van der Waals surface area contributed by atoms with Crippen LogP contribution in [0.2, 0.25) is 0 Å². The van der Waals surface area contributed by atoms with Crippen molar-refractivity contribution in [3.8, 4) is 17.1 Å². The fourth-order valence-electron chi connectivity index (χ4n) is 7.28. The van der Waals surface area contributed by atoms with Crippen LogP contribution in [0.4, 0.5) is 38.5 Å². The lowest BCUT2D eigenvalue weighted by Gasteiger charge is -2.34. The van der Waals surface area contributed by atoms with Gasteiger partial charge >= 0.3 is 12.2 Å². The molecule has 11 nitrogen and oxygen atoms in total. The Morgan fingerprint density at radius 3 is 2.63 bits per heavy atom. The van der Waals surface area contributed by atoms with Crippen LogP contribution in [0.3, 0.4) is 0 Å². The van der Waals surface area contributed by atoms with Crippen LogP contribution < -0.4 is 15.4 Å². The molecule has 2 N–H and O–H groups in total. The van der Waals surface area contributed by atoms with Crippen molar-refractivity contribution in [3.05, 3.63) is 59.5 Å². The first-order valence-electron chi connectivity index (χ1n) is 16.2. The maximum Gasteiger partial charge on any atom is 0.417 e. The number of likely N-dealkylation sites (N-methyl/N-ethyl adjacent to an activating group) is 2. The normalized spacial score (nSPS) is 20.9. The Balaban J connectivity index is 1.59. The number of carbonyl (C=O) groups excluding carboxylic acids is 1. The molecule has 1 unspecified atom stereocenters. The minimum atomic E-state index is -5.13. The molecule has 52 heavy (non-hydrogen) atoms. The molecule has 17 heteroatoms. The van der Waals surface area contributed by atoms with Crippen LogP contribution in [0.25, 0.3) is 37.0 Å². The van der Waals surface area contributed by atoms with Gasteiger partial charge in [-0.15, -0.1) is 11.3 Å². The number of hydrogen-bond donors (Lipinski definition) is 1. The molecular formula is C35H36F5N7O4S. The van der Waals surface area contributed by atoms with E-state index in [1.807, 2.05) is 11.9 Å². The zero-order valence-corrected chi connectivity index (χ0v) is 29.6. The van der Waals surface area contributed by atoms with Gasteiger partial charge in [-0.1, -0.05) is 12.6 Å². The molecule has 4 aromatic rings. The summed E-state index contributed by atoms with van der Waals surface area (Å²) in [4.78, 5) is 30.1. The predicted octanol–water partition coefficient (Wildman–Crippen LogP) is 6.28. The maximum atomic E-state index is 17.2. The van der Waals surface area contributed by atoms with E-state index in [4.69, 9.17) is 26.5 Å². The zero-order valence-electron chi connectivity index (χ0n) is 28.8. The summed E-state index contributed by atoms with van der Waals surface area (Å²) < 4.78 is 94.1. The number of rotatable bonds is 10. The van der Waals surface area contributed by atoms with Gasteiger partial charge in [-0.3, -0.25) is 9.69 Å². The lowest BCUT2D eigenvalue weighted by molar-refractivity contribution is -0.137. The second-order valence-electron chi connectivity index (χ2n) is 12.8. The maximum absolute atomic E-state index is 17.2. The first kappa shape index (κ1) is 37.1. The number of fused-ring (bicyclic) bond motifs is 2. The van der Waals surface area contributed by atoms with Crippen LogP contribution in [0.1, 0.15) is 18.4 Å². The van der Waals surface area contributed by atoms with E-state index in [0.29, 0.717) is 37.3 Å². The number of nitrogens with zero attached hydrogens (tertiary/aromatic N) is 6. The third kappa shape index (κ3) is 6.48. The molecule has 0 spiro atoms. The van der Waals surface area contributed by atoms with Gasteiger partial charge < -0.3 is 29.7 Å². The lowest BCUT2D eigenvalue weighted by Crippen LogP contribution is -2.48. The molecule has 2 aliphatic heterocycles. The van der Waals surface area contributed by atoms with Gasteiger partial charge in [0.2, 0.25) is 11.6 Å². The van der Waals surface area contributed by atoms with Gasteiger partial charge in [0.1, 0.15) is 23.8 Å². The highest BCUT2D eigenvalue weighted by molar-refractivity contribution is 7.23. The molecule has 1 amide bonds. The number of carbonyl (C=O) groups is 1. The molecule has 0 saturated carbocycles. The average Bonchev–Trinajstić information content (AvgIpc) is 3.81. The van der Waals surface area contributed by atoms with Gasteiger partial charge in [0, 0.05) is 56.7 Å². The number of likely N-dealkylation sites (tertiary alicyclic amines) is 2. The quantitative estimate of drug-likeness (QED) is 0.114. The molecule has 6 rings (SSSR count). The number of thiophene rings is 1. The summed E-state index contributed by atoms with van der Waals surface area (Å²) in [6.07, 6.45) is -2.98. The molecule has 2 aliphatic rings. The van der Waals surface area contributed by atoms with Crippen molar-refractivity contribution >= 4 is 54.7 Å². The molecule has 4 heterocycles. The number of nitrogens with two attached hydrogens (primary N) is 1. The molecule has 0 bridgehead atoms. The Hall–Kier alpha value is -4.63. The molecular weight excluding hydrogens is 709 g/mol. The zero-order chi connectivity index (χ0) is 37.6. The Kier molecular flexibility index (Phi) is 10.3. The van der Waals surface area contributed by atoms with Crippen molar-refractivity contribution in [2.45, 2.75) is 43.2 Å². The van der Waals surface area contributed by atoms with Gasteiger partial charge in [-0.2, -0.15) is 23.1 Å². The van der Waals surface area contributed by atoms with E-state index in [9.17, 15) is 9.18 Å². The number of nitrogen functional groups attached to an aromatic ring is 1. The van der Waals surface area contributed by atoms with Crippen molar-refractivity contribution in [2.75, 3.05) is 65.3 Å². The van der Waals surface area contributed by atoms with E-state index in [1.165, 1.54) is 13.2 Å². The number of anilines is 2. The third-order valence-corrected chi connectivity index (χ3v) is 10.9. The topological polar surface area (TPSA) is 111 Å². The Morgan fingerprint density at radius 1 is 1.25 bits per heavy atom. The first-order valence-corrected chi connectivity index (χ1v) is 17.1. The van der Waals surface area contributed by atoms with Crippen LogP contribution in [-0.2, 0) is 20.4 Å². The lowest BCUT2D eigenvalue weighted by atomic mass is 9.93. The fraction of sp³-hybridized carbons (Fsp3) is 0.429.